The van der Waals surface area contributed by atoms with Gasteiger partial charge < -0.3 is 4.90 Å². The van der Waals surface area contributed by atoms with Crippen LogP contribution in [-0.2, 0) is 0 Å². The fourth-order valence-electron chi connectivity index (χ4n) is 8.11. The summed E-state index contributed by atoms with van der Waals surface area (Å²) in [5.74, 6) is 0.897. The second kappa shape index (κ2) is 9.35. The van der Waals surface area contributed by atoms with Crippen molar-refractivity contribution < 1.29 is 0 Å². The van der Waals surface area contributed by atoms with E-state index in [4.69, 9.17) is 9.97 Å². The van der Waals surface area contributed by atoms with E-state index in [0.717, 1.165) is 34.5 Å². The molecule has 46 heavy (non-hydrogen) atoms. The summed E-state index contributed by atoms with van der Waals surface area (Å²) in [7, 11) is 0. The molecule has 7 aromatic rings. The lowest BCUT2D eigenvalue weighted by Crippen LogP contribution is -2.48. The van der Waals surface area contributed by atoms with Crippen LogP contribution >= 0.6 is 0 Å². The van der Waals surface area contributed by atoms with Crippen molar-refractivity contribution in [2.24, 2.45) is 0 Å². The molecule has 216 valence electrons. The highest BCUT2D eigenvalue weighted by Gasteiger charge is 2.49. The van der Waals surface area contributed by atoms with Crippen molar-refractivity contribution in [2.45, 2.75) is 18.9 Å². The Hall–Kier alpha value is -5.80. The molecule has 1 aliphatic heterocycles. The quantitative estimate of drug-likeness (QED) is 0.207. The Bertz CT molecular complexity index is 2520. The Morgan fingerprint density at radius 3 is 1.96 bits per heavy atom. The third-order valence-corrected chi connectivity index (χ3v) is 10.1. The molecule has 10 rings (SSSR count). The first-order valence-corrected chi connectivity index (χ1v) is 16.0. The first-order chi connectivity index (χ1) is 22.7. The number of anilines is 2. The highest BCUT2D eigenvalue weighted by atomic mass is 15.3. The fraction of sp³-hybridized carbons (Fsp3) is 0.0698. The Balaban J connectivity index is 1.35. The number of aromatic nitrogens is 2. The highest BCUT2D eigenvalue weighted by molar-refractivity contribution is 6.07. The zero-order valence-electron chi connectivity index (χ0n) is 25.4. The van der Waals surface area contributed by atoms with Gasteiger partial charge in [0.15, 0.2) is 5.82 Å². The van der Waals surface area contributed by atoms with Crippen molar-refractivity contribution in [3.63, 3.8) is 0 Å². The smallest absolute Gasteiger partial charge is 0.161 e. The topological polar surface area (TPSA) is 29.0 Å². The Morgan fingerprint density at radius 2 is 1.20 bits per heavy atom. The van der Waals surface area contributed by atoms with Gasteiger partial charge in [0.25, 0.3) is 0 Å². The number of hydrogen-bond acceptors (Lipinski definition) is 3. The van der Waals surface area contributed by atoms with Crippen molar-refractivity contribution in [3.8, 4) is 44.6 Å². The number of para-hydroxylation sites is 2. The molecule has 0 bridgehead atoms. The van der Waals surface area contributed by atoms with Crippen LogP contribution in [-0.4, -0.2) is 15.5 Å². The molecule has 3 aliphatic rings. The molecule has 0 radical (unpaired) electrons. The van der Waals surface area contributed by atoms with Crippen LogP contribution in [0.25, 0.3) is 67.3 Å². The first kappa shape index (κ1) is 25.5. The van der Waals surface area contributed by atoms with Gasteiger partial charge in [-0.2, -0.15) is 0 Å². The van der Waals surface area contributed by atoms with Crippen LogP contribution < -0.4 is 15.3 Å². The summed E-state index contributed by atoms with van der Waals surface area (Å²) in [5.41, 5.74) is 14.9. The molecule has 3 heteroatoms. The second-order valence-corrected chi connectivity index (χ2v) is 12.7. The van der Waals surface area contributed by atoms with Gasteiger partial charge in [-0.1, -0.05) is 115 Å². The van der Waals surface area contributed by atoms with Crippen molar-refractivity contribution >= 4 is 34.2 Å². The molecule has 1 atom stereocenters. The number of nitrogens with zero attached hydrogens (tertiary/aromatic N) is 3. The van der Waals surface area contributed by atoms with Gasteiger partial charge >= 0.3 is 0 Å². The number of rotatable bonds is 3. The standard InChI is InChI=1S/C43H29N3/c1-43-24-23-29-25-30(27-13-4-2-5-14-27)26-34-32-18-9-8-17-31(32)33-19-12-22-37(39(33)40(43)38(29)34)46(43)42-41(28-15-6-3-7-16-28)44-35-20-10-11-21-36(35)45-42/h2-23,25-26H,24H2,1H3. The van der Waals surface area contributed by atoms with Crippen LogP contribution in [0.2, 0.25) is 0 Å². The summed E-state index contributed by atoms with van der Waals surface area (Å²) in [6.07, 6.45) is 3.30. The lowest BCUT2D eigenvalue weighted by molar-refractivity contribution is 0.613. The van der Waals surface area contributed by atoms with Crippen LogP contribution in [0.1, 0.15) is 18.9 Å². The third kappa shape index (κ3) is 3.43. The minimum absolute atomic E-state index is 0.378. The molecule has 0 saturated carbocycles. The molecular formula is C43H29N3. The van der Waals surface area contributed by atoms with Crippen molar-refractivity contribution in [3.05, 3.63) is 156 Å². The Kier molecular flexibility index (Phi) is 5.19. The SMILES string of the molecule is CC12CC=c3cc(-c4ccccc4)cc4c3=C1c1c(cccc1N2c1nc2ccccc2nc1-c1ccccc1)-c1ccccc1-4. The van der Waals surface area contributed by atoms with Gasteiger partial charge in [-0.25, -0.2) is 9.97 Å². The van der Waals surface area contributed by atoms with Gasteiger partial charge in [-0.3, -0.25) is 0 Å². The van der Waals surface area contributed by atoms with Gasteiger partial charge in [0.1, 0.15) is 5.69 Å². The summed E-state index contributed by atoms with van der Waals surface area (Å²) in [6, 6.07) is 50.1. The predicted octanol–water partition coefficient (Wildman–Crippen LogP) is 8.90. The Morgan fingerprint density at radius 1 is 0.565 bits per heavy atom. The highest BCUT2D eigenvalue weighted by Crippen LogP contribution is 2.57. The zero-order chi connectivity index (χ0) is 30.4. The number of fused-ring (bicyclic) bond motifs is 4. The van der Waals surface area contributed by atoms with E-state index in [-0.39, 0.29) is 5.54 Å². The molecule has 0 saturated heterocycles. The number of benzene rings is 6. The van der Waals surface area contributed by atoms with Crippen LogP contribution in [0.5, 0.6) is 0 Å². The van der Waals surface area contributed by atoms with Crippen LogP contribution in [0.4, 0.5) is 11.5 Å². The molecule has 1 unspecified atom stereocenters. The van der Waals surface area contributed by atoms with Crippen molar-refractivity contribution in [2.75, 3.05) is 4.90 Å². The Labute approximate surface area is 267 Å². The molecule has 0 spiro atoms. The van der Waals surface area contributed by atoms with E-state index >= 15 is 0 Å². The largest absolute Gasteiger partial charge is 0.314 e. The molecule has 0 fully saturated rings. The monoisotopic (exact) mass is 587 g/mol. The second-order valence-electron chi connectivity index (χ2n) is 12.7. The average Bonchev–Trinajstić information content (AvgIpc) is 3.31. The van der Waals surface area contributed by atoms with Crippen LogP contribution in [0.3, 0.4) is 0 Å². The zero-order valence-corrected chi connectivity index (χ0v) is 25.4. The first-order valence-electron chi connectivity index (χ1n) is 16.0. The lowest BCUT2D eigenvalue weighted by Gasteiger charge is -2.39. The summed E-state index contributed by atoms with van der Waals surface area (Å²) < 4.78 is 0. The molecule has 1 aromatic heterocycles. The maximum atomic E-state index is 5.43. The third-order valence-electron chi connectivity index (χ3n) is 10.1. The van der Waals surface area contributed by atoms with Gasteiger partial charge in [-0.05, 0) is 93.1 Å². The van der Waals surface area contributed by atoms with Crippen molar-refractivity contribution in [1.82, 2.24) is 9.97 Å². The molecule has 2 heterocycles. The van der Waals surface area contributed by atoms with Gasteiger partial charge in [-0.15, -0.1) is 0 Å². The van der Waals surface area contributed by atoms with Gasteiger partial charge in [0.05, 0.1) is 22.3 Å². The average molecular weight is 588 g/mol. The fourth-order valence-corrected chi connectivity index (χ4v) is 8.11. The summed E-state index contributed by atoms with van der Waals surface area (Å²) in [4.78, 5) is 13.2. The lowest BCUT2D eigenvalue weighted by atomic mass is 9.79. The normalized spacial score (nSPS) is 16.9. The van der Waals surface area contributed by atoms with Crippen molar-refractivity contribution in [1.29, 1.82) is 0 Å². The molecule has 2 aliphatic carbocycles. The van der Waals surface area contributed by atoms with Gasteiger partial charge in [0.2, 0.25) is 0 Å². The van der Waals surface area contributed by atoms with Gasteiger partial charge in [0, 0.05) is 11.1 Å². The van der Waals surface area contributed by atoms with E-state index in [9.17, 15) is 0 Å². The maximum Gasteiger partial charge on any atom is 0.161 e. The minimum Gasteiger partial charge on any atom is -0.314 e. The van der Waals surface area contributed by atoms with E-state index < -0.39 is 0 Å². The summed E-state index contributed by atoms with van der Waals surface area (Å²) in [6.45, 7) is 2.40. The molecular weight excluding hydrogens is 558 g/mol. The molecule has 0 N–H and O–H groups in total. The summed E-state index contributed by atoms with van der Waals surface area (Å²) in [5, 5.41) is 2.64. The van der Waals surface area contributed by atoms with Crippen LogP contribution in [0, 0.1) is 0 Å². The molecule has 0 amide bonds. The molecule has 3 nitrogen and oxygen atoms in total. The van der Waals surface area contributed by atoms with E-state index in [0.29, 0.717) is 0 Å². The van der Waals surface area contributed by atoms with E-state index in [1.807, 2.05) is 6.07 Å². The predicted molar refractivity (Wildman–Crippen MR) is 189 cm³/mol. The van der Waals surface area contributed by atoms with E-state index in [1.54, 1.807) is 0 Å². The van der Waals surface area contributed by atoms with E-state index in [2.05, 4.69) is 151 Å². The van der Waals surface area contributed by atoms with E-state index in [1.165, 1.54) is 60.6 Å². The maximum absolute atomic E-state index is 5.43. The minimum atomic E-state index is -0.378. The summed E-state index contributed by atoms with van der Waals surface area (Å²) >= 11 is 0. The van der Waals surface area contributed by atoms with Crippen LogP contribution in [0.15, 0.2) is 140 Å². The molecule has 6 aromatic carbocycles. The number of hydrogen-bond donors (Lipinski definition) is 0.